The molecule has 6 heteroatoms. The number of nitrogens with zero attached hydrogens (tertiary/aromatic N) is 4. The Balaban J connectivity index is 1.94. The highest BCUT2D eigenvalue weighted by molar-refractivity contribution is 5.20. The smallest absolute Gasteiger partial charge is 0.200 e. The van der Waals surface area contributed by atoms with Crippen LogP contribution in [0.2, 0.25) is 0 Å². The number of piperidine rings is 1. The van der Waals surface area contributed by atoms with Crippen molar-refractivity contribution in [3.63, 3.8) is 0 Å². The molecular weight excluding hydrogens is 254 g/mol. The first kappa shape index (κ1) is 13.2. The molecule has 0 saturated carbocycles. The van der Waals surface area contributed by atoms with Crippen molar-refractivity contribution in [3.05, 3.63) is 41.7 Å². The minimum atomic E-state index is -0.173. The van der Waals surface area contributed by atoms with Gasteiger partial charge in [-0.2, -0.15) is 4.80 Å². The standard InChI is InChI=1S/C14H19N5O/c20-10-13-16-18-19(17-13)14(11-4-2-1-3-5-11)12-6-8-15-9-7-12/h1-5,12,14-15,20H,6-10H2. The van der Waals surface area contributed by atoms with E-state index in [1.165, 1.54) is 5.56 Å². The zero-order chi connectivity index (χ0) is 13.8. The summed E-state index contributed by atoms with van der Waals surface area (Å²) in [5.74, 6) is 0.860. The van der Waals surface area contributed by atoms with Gasteiger partial charge in [0.05, 0.1) is 0 Å². The van der Waals surface area contributed by atoms with Gasteiger partial charge in [-0.25, -0.2) is 0 Å². The molecule has 0 amide bonds. The summed E-state index contributed by atoms with van der Waals surface area (Å²) in [5, 5.41) is 24.8. The van der Waals surface area contributed by atoms with Crippen molar-refractivity contribution >= 4 is 0 Å². The number of tetrazole rings is 1. The van der Waals surface area contributed by atoms with Crippen LogP contribution >= 0.6 is 0 Å². The molecule has 2 aromatic rings. The molecular formula is C14H19N5O. The number of hydrogen-bond acceptors (Lipinski definition) is 5. The number of hydrogen-bond donors (Lipinski definition) is 2. The molecule has 2 heterocycles. The van der Waals surface area contributed by atoms with Gasteiger partial charge in [0.1, 0.15) is 12.6 Å². The fourth-order valence-electron chi connectivity index (χ4n) is 2.84. The third kappa shape index (κ3) is 2.71. The van der Waals surface area contributed by atoms with E-state index >= 15 is 0 Å². The lowest BCUT2D eigenvalue weighted by atomic mass is 9.86. The first-order chi connectivity index (χ1) is 9.88. The second-order valence-electron chi connectivity index (χ2n) is 5.13. The van der Waals surface area contributed by atoms with Crippen molar-refractivity contribution in [1.29, 1.82) is 0 Å². The van der Waals surface area contributed by atoms with E-state index in [-0.39, 0.29) is 12.6 Å². The van der Waals surface area contributed by atoms with Gasteiger partial charge in [-0.05, 0) is 42.6 Å². The summed E-state index contributed by atoms with van der Waals surface area (Å²) in [7, 11) is 0. The van der Waals surface area contributed by atoms with Crippen molar-refractivity contribution in [2.45, 2.75) is 25.5 Å². The number of aromatic nitrogens is 4. The number of rotatable bonds is 4. The summed E-state index contributed by atoms with van der Waals surface area (Å²) in [6, 6.07) is 10.4. The van der Waals surface area contributed by atoms with Gasteiger partial charge in [-0.1, -0.05) is 30.3 Å². The summed E-state index contributed by atoms with van der Waals surface area (Å²) >= 11 is 0. The average molecular weight is 273 g/mol. The molecule has 1 saturated heterocycles. The van der Waals surface area contributed by atoms with Crippen LogP contribution in [-0.2, 0) is 6.61 Å². The Labute approximate surface area is 117 Å². The van der Waals surface area contributed by atoms with Crippen LogP contribution in [-0.4, -0.2) is 38.4 Å². The Bertz CT molecular complexity index is 536. The molecule has 2 N–H and O–H groups in total. The van der Waals surface area contributed by atoms with Gasteiger partial charge in [0.25, 0.3) is 0 Å². The molecule has 0 aliphatic carbocycles. The first-order valence-electron chi connectivity index (χ1n) is 7.03. The SMILES string of the molecule is OCc1nnn(C(c2ccccc2)C2CCNCC2)n1. The van der Waals surface area contributed by atoms with E-state index in [9.17, 15) is 0 Å². The third-order valence-corrected chi connectivity index (χ3v) is 3.83. The van der Waals surface area contributed by atoms with Crippen LogP contribution in [0, 0.1) is 5.92 Å². The fourth-order valence-corrected chi connectivity index (χ4v) is 2.84. The van der Waals surface area contributed by atoms with Gasteiger partial charge in [-0.3, -0.25) is 0 Å². The van der Waals surface area contributed by atoms with Gasteiger partial charge in [0, 0.05) is 0 Å². The van der Waals surface area contributed by atoms with Crippen molar-refractivity contribution in [3.8, 4) is 0 Å². The van der Waals surface area contributed by atoms with E-state index in [1.807, 2.05) is 18.2 Å². The normalized spacial score (nSPS) is 18.1. The van der Waals surface area contributed by atoms with Crippen LogP contribution in [0.3, 0.4) is 0 Å². The Kier molecular flexibility index (Phi) is 4.03. The van der Waals surface area contributed by atoms with Crippen molar-refractivity contribution in [2.24, 2.45) is 5.92 Å². The molecule has 6 nitrogen and oxygen atoms in total. The lowest BCUT2D eigenvalue weighted by molar-refractivity contribution is 0.250. The molecule has 0 bridgehead atoms. The number of aliphatic hydroxyl groups is 1. The van der Waals surface area contributed by atoms with Crippen LogP contribution < -0.4 is 5.32 Å². The van der Waals surface area contributed by atoms with E-state index in [2.05, 4.69) is 32.9 Å². The lowest BCUT2D eigenvalue weighted by Crippen LogP contribution is -2.34. The van der Waals surface area contributed by atoms with Gasteiger partial charge < -0.3 is 10.4 Å². The van der Waals surface area contributed by atoms with Crippen LogP contribution in [0.25, 0.3) is 0 Å². The third-order valence-electron chi connectivity index (χ3n) is 3.83. The number of aliphatic hydroxyl groups excluding tert-OH is 1. The molecule has 1 aromatic heterocycles. The summed E-state index contributed by atoms with van der Waals surface area (Å²) in [6.45, 7) is 1.87. The Morgan fingerprint density at radius 3 is 2.65 bits per heavy atom. The van der Waals surface area contributed by atoms with Crippen molar-refractivity contribution in [1.82, 2.24) is 25.5 Å². The fraction of sp³-hybridized carbons (Fsp3) is 0.500. The van der Waals surface area contributed by atoms with E-state index in [0.717, 1.165) is 25.9 Å². The summed E-state index contributed by atoms with van der Waals surface area (Å²) in [6.07, 6.45) is 2.19. The molecule has 0 radical (unpaired) electrons. The maximum Gasteiger partial charge on any atom is 0.200 e. The Morgan fingerprint density at radius 2 is 2.00 bits per heavy atom. The predicted molar refractivity (Wildman–Crippen MR) is 73.9 cm³/mol. The Hall–Kier alpha value is -1.79. The van der Waals surface area contributed by atoms with Gasteiger partial charge in [0.15, 0.2) is 5.82 Å². The highest BCUT2D eigenvalue weighted by Gasteiger charge is 2.28. The van der Waals surface area contributed by atoms with E-state index in [4.69, 9.17) is 5.11 Å². The zero-order valence-corrected chi connectivity index (χ0v) is 11.3. The van der Waals surface area contributed by atoms with Crippen molar-refractivity contribution < 1.29 is 5.11 Å². The average Bonchev–Trinajstić information content (AvgIpc) is 2.98. The van der Waals surface area contributed by atoms with Crippen LogP contribution in [0.5, 0.6) is 0 Å². The first-order valence-corrected chi connectivity index (χ1v) is 7.03. The van der Waals surface area contributed by atoms with Crippen LogP contribution in [0.1, 0.15) is 30.3 Å². The second kappa shape index (κ2) is 6.11. The molecule has 20 heavy (non-hydrogen) atoms. The molecule has 1 aliphatic heterocycles. The minimum absolute atomic E-state index is 0.0890. The highest BCUT2D eigenvalue weighted by atomic mass is 16.3. The summed E-state index contributed by atoms with van der Waals surface area (Å²) < 4.78 is 0. The molecule has 1 aliphatic rings. The van der Waals surface area contributed by atoms with Crippen LogP contribution in [0.4, 0.5) is 0 Å². The summed E-state index contributed by atoms with van der Waals surface area (Å²) in [5.41, 5.74) is 1.20. The maximum atomic E-state index is 9.13. The monoisotopic (exact) mass is 273 g/mol. The number of benzene rings is 1. The number of nitrogens with one attached hydrogen (secondary N) is 1. The van der Waals surface area contributed by atoms with E-state index in [1.54, 1.807) is 4.80 Å². The van der Waals surface area contributed by atoms with Gasteiger partial charge in [0.2, 0.25) is 0 Å². The predicted octanol–water partition coefficient (Wildman–Crippen LogP) is 0.754. The molecule has 3 rings (SSSR count). The quantitative estimate of drug-likeness (QED) is 0.860. The Morgan fingerprint density at radius 1 is 1.25 bits per heavy atom. The molecule has 0 spiro atoms. The van der Waals surface area contributed by atoms with Gasteiger partial charge >= 0.3 is 0 Å². The van der Waals surface area contributed by atoms with Gasteiger partial charge in [-0.15, -0.1) is 10.2 Å². The lowest BCUT2D eigenvalue weighted by Gasteiger charge is -2.30. The molecule has 1 aromatic carbocycles. The molecule has 106 valence electrons. The van der Waals surface area contributed by atoms with E-state index in [0.29, 0.717) is 11.7 Å². The maximum absolute atomic E-state index is 9.13. The second-order valence-corrected chi connectivity index (χ2v) is 5.13. The van der Waals surface area contributed by atoms with Crippen molar-refractivity contribution in [2.75, 3.05) is 13.1 Å². The molecule has 1 atom stereocenters. The van der Waals surface area contributed by atoms with E-state index < -0.39 is 0 Å². The zero-order valence-electron chi connectivity index (χ0n) is 11.3. The topological polar surface area (TPSA) is 75.9 Å². The van der Waals surface area contributed by atoms with Crippen LogP contribution in [0.15, 0.2) is 30.3 Å². The summed E-state index contributed by atoms with van der Waals surface area (Å²) in [4.78, 5) is 1.66. The highest BCUT2D eigenvalue weighted by Crippen LogP contribution is 2.31. The molecule has 1 unspecified atom stereocenters. The largest absolute Gasteiger partial charge is 0.388 e. The minimum Gasteiger partial charge on any atom is -0.388 e. The molecule has 1 fully saturated rings.